The molecular formula is C13H12BrNO5. The molecule has 0 saturated heterocycles. The number of hydrogen-bond acceptors (Lipinski definition) is 6. The number of aromatic nitrogens is 1. The summed E-state index contributed by atoms with van der Waals surface area (Å²) in [6, 6.07) is 6.73. The van der Waals surface area contributed by atoms with Gasteiger partial charge in [0.05, 0.1) is 7.11 Å². The maximum atomic E-state index is 11.8. The molecule has 0 unspecified atom stereocenters. The Hall–Kier alpha value is -1.86. The lowest BCUT2D eigenvalue weighted by molar-refractivity contribution is 0.0458. The summed E-state index contributed by atoms with van der Waals surface area (Å²) in [4.78, 5) is 11.8. The maximum absolute atomic E-state index is 11.8. The van der Waals surface area contributed by atoms with Crippen LogP contribution in [0.15, 0.2) is 33.3 Å². The smallest absolute Gasteiger partial charge is 0.360 e. The SMILES string of the molecule is COc1ccc(Br)cc1COC(=O)c1cc(CO)on1. The molecule has 2 aromatic rings. The highest BCUT2D eigenvalue weighted by Gasteiger charge is 2.15. The van der Waals surface area contributed by atoms with Crippen molar-refractivity contribution in [2.75, 3.05) is 7.11 Å². The molecule has 7 heteroatoms. The summed E-state index contributed by atoms with van der Waals surface area (Å²) in [7, 11) is 1.54. The van der Waals surface area contributed by atoms with Crippen LogP contribution in [-0.4, -0.2) is 23.3 Å². The summed E-state index contributed by atoms with van der Waals surface area (Å²) in [6.07, 6.45) is 0. The summed E-state index contributed by atoms with van der Waals surface area (Å²) in [5.74, 6) is 0.199. The van der Waals surface area contributed by atoms with Crippen LogP contribution in [0.1, 0.15) is 21.8 Å². The van der Waals surface area contributed by atoms with Crippen molar-refractivity contribution in [3.8, 4) is 5.75 Å². The molecule has 0 fully saturated rings. The Kier molecular flexibility index (Phi) is 4.75. The summed E-state index contributed by atoms with van der Waals surface area (Å²) in [5.41, 5.74) is 0.740. The van der Waals surface area contributed by atoms with Gasteiger partial charge in [-0.2, -0.15) is 0 Å². The van der Waals surface area contributed by atoms with Gasteiger partial charge in [0.25, 0.3) is 0 Å². The highest BCUT2D eigenvalue weighted by molar-refractivity contribution is 9.10. The highest BCUT2D eigenvalue weighted by Crippen LogP contribution is 2.23. The molecule has 0 saturated carbocycles. The van der Waals surface area contributed by atoms with Crippen molar-refractivity contribution in [2.24, 2.45) is 0 Å². The molecule has 0 spiro atoms. The number of carbonyl (C=O) groups excluding carboxylic acids is 1. The Morgan fingerprint density at radius 1 is 1.45 bits per heavy atom. The number of esters is 1. The molecule has 0 radical (unpaired) electrons. The molecule has 0 bridgehead atoms. The molecule has 1 heterocycles. The second-order valence-electron chi connectivity index (χ2n) is 3.87. The average molecular weight is 342 g/mol. The van der Waals surface area contributed by atoms with Crippen LogP contribution in [-0.2, 0) is 18.0 Å². The second-order valence-corrected chi connectivity index (χ2v) is 4.78. The van der Waals surface area contributed by atoms with E-state index in [-0.39, 0.29) is 24.7 Å². The molecule has 0 aliphatic carbocycles. The van der Waals surface area contributed by atoms with E-state index in [4.69, 9.17) is 19.1 Å². The Morgan fingerprint density at radius 3 is 2.90 bits per heavy atom. The van der Waals surface area contributed by atoms with Gasteiger partial charge in [-0.3, -0.25) is 0 Å². The zero-order valence-corrected chi connectivity index (χ0v) is 12.2. The Bertz CT molecular complexity index is 611. The van der Waals surface area contributed by atoms with Crippen molar-refractivity contribution in [2.45, 2.75) is 13.2 Å². The first kappa shape index (κ1) is 14.5. The fourth-order valence-corrected chi connectivity index (χ4v) is 1.97. The molecule has 106 valence electrons. The monoisotopic (exact) mass is 341 g/mol. The number of ether oxygens (including phenoxy) is 2. The predicted octanol–water partition coefficient (Wildman–Crippen LogP) is 2.30. The van der Waals surface area contributed by atoms with Gasteiger partial charge in [-0.15, -0.1) is 0 Å². The molecule has 0 amide bonds. The minimum absolute atomic E-state index is 0.0167. The molecule has 20 heavy (non-hydrogen) atoms. The molecule has 6 nitrogen and oxygen atoms in total. The van der Waals surface area contributed by atoms with Gasteiger partial charge in [0.2, 0.25) is 0 Å². The number of aliphatic hydroxyl groups excluding tert-OH is 1. The van der Waals surface area contributed by atoms with Gasteiger partial charge in [-0.25, -0.2) is 4.79 Å². The normalized spacial score (nSPS) is 10.3. The van der Waals surface area contributed by atoms with Crippen LogP contribution in [0.25, 0.3) is 0 Å². The van der Waals surface area contributed by atoms with Crippen molar-refractivity contribution in [3.05, 3.63) is 45.8 Å². The Balaban J connectivity index is 2.04. The van der Waals surface area contributed by atoms with Gasteiger partial charge in [-0.1, -0.05) is 21.1 Å². The number of methoxy groups -OCH3 is 1. The van der Waals surface area contributed by atoms with Crippen LogP contribution < -0.4 is 4.74 Å². The van der Waals surface area contributed by atoms with Crippen LogP contribution in [0.3, 0.4) is 0 Å². The number of carbonyl (C=O) groups is 1. The van der Waals surface area contributed by atoms with E-state index in [1.807, 2.05) is 6.07 Å². The van der Waals surface area contributed by atoms with Crippen LogP contribution >= 0.6 is 15.9 Å². The lowest BCUT2D eigenvalue weighted by Gasteiger charge is -2.09. The van der Waals surface area contributed by atoms with E-state index in [0.717, 1.165) is 10.0 Å². The van der Waals surface area contributed by atoms with Crippen molar-refractivity contribution >= 4 is 21.9 Å². The lowest BCUT2D eigenvalue weighted by Crippen LogP contribution is -2.06. The minimum atomic E-state index is -0.629. The molecule has 2 rings (SSSR count). The zero-order chi connectivity index (χ0) is 14.5. The number of hydrogen-bond donors (Lipinski definition) is 1. The lowest BCUT2D eigenvalue weighted by atomic mass is 10.2. The van der Waals surface area contributed by atoms with Gasteiger partial charge in [-0.05, 0) is 18.2 Å². The highest BCUT2D eigenvalue weighted by atomic mass is 79.9. The van der Waals surface area contributed by atoms with Gasteiger partial charge in [0.1, 0.15) is 19.0 Å². The van der Waals surface area contributed by atoms with E-state index in [1.165, 1.54) is 6.07 Å². The summed E-state index contributed by atoms with van der Waals surface area (Å²) in [5, 5.41) is 12.3. The molecule has 0 atom stereocenters. The van der Waals surface area contributed by atoms with Crippen molar-refractivity contribution < 1.29 is 23.9 Å². The van der Waals surface area contributed by atoms with Gasteiger partial charge >= 0.3 is 5.97 Å². The largest absolute Gasteiger partial charge is 0.496 e. The summed E-state index contributed by atoms with van der Waals surface area (Å²) in [6.45, 7) is -0.275. The number of rotatable bonds is 5. The Morgan fingerprint density at radius 2 is 2.25 bits per heavy atom. The summed E-state index contributed by atoms with van der Waals surface area (Å²) >= 11 is 3.34. The maximum Gasteiger partial charge on any atom is 0.360 e. The van der Waals surface area contributed by atoms with Crippen molar-refractivity contribution in [3.63, 3.8) is 0 Å². The van der Waals surface area contributed by atoms with Crippen molar-refractivity contribution in [1.82, 2.24) is 5.16 Å². The molecular weight excluding hydrogens is 330 g/mol. The van der Waals surface area contributed by atoms with Crippen LogP contribution in [0.5, 0.6) is 5.75 Å². The fourth-order valence-electron chi connectivity index (χ4n) is 1.56. The summed E-state index contributed by atoms with van der Waals surface area (Å²) < 4.78 is 15.9. The Labute approximate surface area is 123 Å². The second kappa shape index (κ2) is 6.53. The number of aliphatic hydroxyl groups is 1. The fraction of sp³-hybridized carbons (Fsp3) is 0.231. The van der Waals surface area contributed by atoms with Crippen LogP contribution in [0.2, 0.25) is 0 Å². The number of benzene rings is 1. The van der Waals surface area contributed by atoms with E-state index in [1.54, 1.807) is 19.2 Å². The van der Waals surface area contributed by atoms with Crippen LogP contribution in [0, 0.1) is 0 Å². The van der Waals surface area contributed by atoms with E-state index in [9.17, 15) is 4.79 Å². The van der Waals surface area contributed by atoms with Gasteiger partial charge < -0.3 is 19.1 Å². The topological polar surface area (TPSA) is 81.8 Å². The third-order valence-corrected chi connectivity index (χ3v) is 3.02. The first-order valence-electron chi connectivity index (χ1n) is 5.70. The standard InChI is InChI=1S/C13H12BrNO5/c1-18-12-3-2-9(14)4-8(12)7-19-13(17)11-5-10(6-16)20-15-11/h2-5,16H,6-7H2,1H3. The van der Waals surface area contributed by atoms with E-state index >= 15 is 0 Å². The van der Waals surface area contributed by atoms with Gasteiger partial charge in [0.15, 0.2) is 11.5 Å². The van der Waals surface area contributed by atoms with E-state index in [2.05, 4.69) is 21.1 Å². The first-order valence-corrected chi connectivity index (χ1v) is 6.49. The number of halogens is 1. The average Bonchev–Trinajstić information content (AvgIpc) is 2.94. The third kappa shape index (κ3) is 3.37. The quantitative estimate of drug-likeness (QED) is 0.840. The first-order chi connectivity index (χ1) is 9.63. The van der Waals surface area contributed by atoms with Gasteiger partial charge in [0, 0.05) is 16.1 Å². The molecule has 1 N–H and O–H groups in total. The predicted molar refractivity (Wildman–Crippen MR) is 72.2 cm³/mol. The zero-order valence-electron chi connectivity index (χ0n) is 10.6. The van der Waals surface area contributed by atoms with E-state index in [0.29, 0.717) is 5.75 Å². The molecule has 1 aromatic carbocycles. The van der Waals surface area contributed by atoms with Crippen LogP contribution in [0.4, 0.5) is 0 Å². The van der Waals surface area contributed by atoms with Crippen molar-refractivity contribution in [1.29, 1.82) is 0 Å². The minimum Gasteiger partial charge on any atom is -0.496 e. The molecule has 1 aromatic heterocycles. The number of nitrogens with zero attached hydrogens (tertiary/aromatic N) is 1. The van der Waals surface area contributed by atoms with E-state index < -0.39 is 5.97 Å². The molecule has 0 aliphatic rings. The third-order valence-electron chi connectivity index (χ3n) is 2.53. The molecule has 0 aliphatic heterocycles.